The Balaban J connectivity index is 2.22. The standard InChI is InChI=1S/C15H18N2O4/c1-4-17-13(18)8-12(14(17)19)16-11-7-10(15(20)21-3)6-5-9(11)2/h5-7,12,16H,4,8H2,1-3H3. The maximum atomic E-state index is 12.1. The Bertz CT molecular complexity index is 597. The fourth-order valence-electron chi connectivity index (χ4n) is 2.34. The zero-order valence-corrected chi connectivity index (χ0v) is 12.3. The number of carbonyl (C=O) groups is 3. The quantitative estimate of drug-likeness (QED) is 0.669. The average Bonchev–Trinajstić information content (AvgIpc) is 2.74. The number of ether oxygens (including phenoxy) is 1. The normalized spacial score (nSPS) is 18.0. The smallest absolute Gasteiger partial charge is 0.337 e. The topological polar surface area (TPSA) is 75.7 Å². The zero-order chi connectivity index (χ0) is 15.6. The number of likely N-dealkylation sites (N-methyl/N-ethyl adjacent to an activating group) is 1. The summed E-state index contributed by atoms with van der Waals surface area (Å²) in [4.78, 5) is 36.6. The third-order valence-corrected chi connectivity index (χ3v) is 3.55. The Hall–Kier alpha value is -2.37. The largest absolute Gasteiger partial charge is 0.465 e. The van der Waals surface area contributed by atoms with Crippen molar-refractivity contribution in [3.63, 3.8) is 0 Å². The molecule has 6 nitrogen and oxygen atoms in total. The highest BCUT2D eigenvalue weighted by molar-refractivity contribution is 6.07. The van der Waals surface area contributed by atoms with E-state index in [9.17, 15) is 14.4 Å². The number of benzene rings is 1. The highest BCUT2D eigenvalue weighted by atomic mass is 16.5. The molecule has 0 spiro atoms. The van der Waals surface area contributed by atoms with Crippen LogP contribution in [-0.2, 0) is 14.3 Å². The molecular formula is C15H18N2O4. The van der Waals surface area contributed by atoms with Gasteiger partial charge in [-0.3, -0.25) is 14.5 Å². The second-order valence-electron chi connectivity index (χ2n) is 4.90. The van der Waals surface area contributed by atoms with Gasteiger partial charge in [-0.15, -0.1) is 0 Å². The Kier molecular flexibility index (Phi) is 4.26. The maximum absolute atomic E-state index is 12.1. The predicted octanol–water partition coefficient (Wildman–Crippen LogP) is 1.34. The number of nitrogens with one attached hydrogen (secondary N) is 1. The molecule has 2 amide bonds. The number of imide groups is 1. The van der Waals surface area contributed by atoms with Gasteiger partial charge in [-0.1, -0.05) is 6.07 Å². The van der Waals surface area contributed by atoms with Crippen molar-refractivity contribution in [1.82, 2.24) is 4.90 Å². The van der Waals surface area contributed by atoms with Gasteiger partial charge in [0.2, 0.25) is 5.91 Å². The van der Waals surface area contributed by atoms with Crippen molar-refractivity contribution < 1.29 is 19.1 Å². The SMILES string of the molecule is CCN1C(=O)CC(Nc2cc(C(=O)OC)ccc2C)C1=O. The van der Waals surface area contributed by atoms with E-state index in [1.54, 1.807) is 25.1 Å². The minimum atomic E-state index is -0.580. The molecule has 0 aromatic heterocycles. The molecule has 1 aliphatic rings. The summed E-state index contributed by atoms with van der Waals surface area (Å²) in [5.41, 5.74) is 1.94. The van der Waals surface area contributed by atoms with Crippen LogP contribution in [0.2, 0.25) is 0 Å². The van der Waals surface area contributed by atoms with E-state index in [1.165, 1.54) is 12.0 Å². The van der Waals surface area contributed by atoms with Crippen molar-refractivity contribution >= 4 is 23.5 Å². The summed E-state index contributed by atoms with van der Waals surface area (Å²) in [6.45, 7) is 4.00. The molecule has 112 valence electrons. The Morgan fingerprint density at radius 2 is 2.14 bits per heavy atom. The molecule has 2 rings (SSSR count). The molecule has 1 heterocycles. The van der Waals surface area contributed by atoms with Gasteiger partial charge >= 0.3 is 5.97 Å². The van der Waals surface area contributed by atoms with Crippen molar-refractivity contribution in [2.75, 3.05) is 19.0 Å². The van der Waals surface area contributed by atoms with E-state index in [2.05, 4.69) is 10.1 Å². The second-order valence-corrected chi connectivity index (χ2v) is 4.90. The monoisotopic (exact) mass is 290 g/mol. The molecule has 0 aliphatic carbocycles. The van der Waals surface area contributed by atoms with E-state index in [0.717, 1.165) is 5.56 Å². The number of amides is 2. The van der Waals surface area contributed by atoms with E-state index in [1.807, 2.05) is 6.92 Å². The Morgan fingerprint density at radius 3 is 2.71 bits per heavy atom. The van der Waals surface area contributed by atoms with Crippen molar-refractivity contribution in [3.8, 4) is 0 Å². The number of aryl methyl sites for hydroxylation is 1. The molecule has 1 atom stereocenters. The predicted molar refractivity (Wildman–Crippen MR) is 76.9 cm³/mol. The van der Waals surface area contributed by atoms with Gasteiger partial charge in [0, 0.05) is 12.2 Å². The first-order valence-electron chi connectivity index (χ1n) is 6.77. The van der Waals surface area contributed by atoms with Crippen LogP contribution in [0.25, 0.3) is 0 Å². The molecule has 1 N–H and O–H groups in total. The lowest BCUT2D eigenvalue weighted by atomic mass is 10.1. The number of hydrogen-bond donors (Lipinski definition) is 1. The number of hydrogen-bond acceptors (Lipinski definition) is 5. The number of carbonyl (C=O) groups excluding carboxylic acids is 3. The average molecular weight is 290 g/mol. The molecule has 1 aliphatic heterocycles. The summed E-state index contributed by atoms with van der Waals surface area (Å²) in [5.74, 6) is -0.853. The van der Waals surface area contributed by atoms with Crippen LogP contribution in [0.15, 0.2) is 18.2 Å². The van der Waals surface area contributed by atoms with Gasteiger partial charge < -0.3 is 10.1 Å². The van der Waals surface area contributed by atoms with Crippen molar-refractivity contribution in [1.29, 1.82) is 0 Å². The first kappa shape index (κ1) is 15.0. The number of anilines is 1. The molecule has 1 aromatic carbocycles. The molecule has 6 heteroatoms. The number of esters is 1. The third-order valence-electron chi connectivity index (χ3n) is 3.55. The maximum Gasteiger partial charge on any atom is 0.337 e. The van der Waals surface area contributed by atoms with Gasteiger partial charge in [0.15, 0.2) is 0 Å². The van der Waals surface area contributed by atoms with Crippen LogP contribution in [0, 0.1) is 6.92 Å². The summed E-state index contributed by atoms with van der Waals surface area (Å²) >= 11 is 0. The Morgan fingerprint density at radius 1 is 1.43 bits per heavy atom. The lowest BCUT2D eigenvalue weighted by Crippen LogP contribution is -2.34. The van der Waals surface area contributed by atoms with E-state index in [-0.39, 0.29) is 18.2 Å². The van der Waals surface area contributed by atoms with Crippen LogP contribution < -0.4 is 5.32 Å². The minimum absolute atomic E-state index is 0.133. The van der Waals surface area contributed by atoms with E-state index >= 15 is 0 Å². The first-order valence-corrected chi connectivity index (χ1v) is 6.77. The number of methoxy groups -OCH3 is 1. The molecule has 0 bridgehead atoms. The lowest BCUT2D eigenvalue weighted by molar-refractivity contribution is -0.138. The van der Waals surface area contributed by atoms with Crippen LogP contribution in [0.3, 0.4) is 0 Å². The van der Waals surface area contributed by atoms with Crippen molar-refractivity contribution in [2.24, 2.45) is 0 Å². The van der Waals surface area contributed by atoms with E-state index in [0.29, 0.717) is 17.8 Å². The summed E-state index contributed by atoms with van der Waals surface area (Å²) in [5, 5.41) is 3.05. The van der Waals surface area contributed by atoms with Crippen LogP contribution >= 0.6 is 0 Å². The summed E-state index contributed by atoms with van der Waals surface area (Å²) in [6.07, 6.45) is 0.133. The highest BCUT2D eigenvalue weighted by Gasteiger charge is 2.37. The van der Waals surface area contributed by atoms with Gasteiger partial charge in [-0.2, -0.15) is 0 Å². The molecule has 21 heavy (non-hydrogen) atoms. The Labute approximate surface area is 123 Å². The van der Waals surface area contributed by atoms with Crippen LogP contribution in [0.5, 0.6) is 0 Å². The van der Waals surface area contributed by atoms with Crippen molar-refractivity contribution in [2.45, 2.75) is 26.3 Å². The van der Waals surface area contributed by atoms with E-state index < -0.39 is 12.0 Å². The number of rotatable bonds is 4. The summed E-state index contributed by atoms with van der Waals surface area (Å²) < 4.78 is 4.68. The summed E-state index contributed by atoms with van der Waals surface area (Å²) in [6, 6.07) is 4.48. The summed E-state index contributed by atoms with van der Waals surface area (Å²) in [7, 11) is 1.31. The van der Waals surface area contributed by atoms with Gasteiger partial charge in [0.25, 0.3) is 5.91 Å². The van der Waals surface area contributed by atoms with Gasteiger partial charge in [-0.05, 0) is 31.5 Å². The molecular weight excluding hydrogens is 272 g/mol. The first-order chi connectivity index (χ1) is 9.97. The molecule has 1 fully saturated rings. The fourth-order valence-corrected chi connectivity index (χ4v) is 2.34. The molecule has 0 radical (unpaired) electrons. The van der Waals surface area contributed by atoms with Crippen molar-refractivity contribution in [3.05, 3.63) is 29.3 Å². The number of nitrogens with zero attached hydrogens (tertiary/aromatic N) is 1. The van der Waals surface area contributed by atoms with E-state index in [4.69, 9.17) is 0 Å². The second kappa shape index (κ2) is 5.95. The zero-order valence-electron chi connectivity index (χ0n) is 12.3. The molecule has 1 aromatic rings. The number of likely N-dealkylation sites (tertiary alicyclic amines) is 1. The van der Waals surface area contributed by atoms with Crippen LogP contribution in [-0.4, -0.2) is 42.4 Å². The third kappa shape index (κ3) is 2.89. The van der Waals surface area contributed by atoms with Gasteiger partial charge in [-0.25, -0.2) is 4.79 Å². The minimum Gasteiger partial charge on any atom is -0.465 e. The molecule has 1 unspecified atom stereocenters. The van der Waals surface area contributed by atoms with Gasteiger partial charge in [0.05, 0.1) is 19.1 Å². The molecule has 1 saturated heterocycles. The van der Waals surface area contributed by atoms with Crippen LogP contribution in [0.1, 0.15) is 29.3 Å². The van der Waals surface area contributed by atoms with Crippen LogP contribution in [0.4, 0.5) is 5.69 Å². The lowest BCUT2D eigenvalue weighted by Gasteiger charge is -2.16. The molecule has 0 saturated carbocycles. The van der Waals surface area contributed by atoms with Gasteiger partial charge in [0.1, 0.15) is 6.04 Å². The fraction of sp³-hybridized carbons (Fsp3) is 0.400. The highest BCUT2D eigenvalue weighted by Crippen LogP contribution is 2.22.